The summed E-state index contributed by atoms with van der Waals surface area (Å²) >= 11 is 0. The molecule has 5 heteroatoms. The van der Waals surface area contributed by atoms with Gasteiger partial charge >= 0.3 is 0 Å². The third-order valence-electron chi connectivity index (χ3n) is 2.93. The highest BCUT2D eigenvalue weighted by Crippen LogP contribution is 2.11. The summed E-state index contributed by atoms with van der Waals surface area (Å²) in [6.07, 6.45) is 4.78. The molecule has 1 N–H and O–H groups in total. The molecule has 0 bridgehead atoms. The summed E-state index contributed by atoms with van der Waals surface area (Å²) in [4.78, 5) is 11.2. The molecule has 0 saturated carbocycles. The Balaban J connectivity index is 1.93. The fourth-order valence-corrected chi connectivity index (χ4v) is 1.89. The molecule has 0 aromatic carbocycles. The van der Waals surface area contributed by atoms with E-state index in [1.54, 1.807) is 0 Å². The van der Waals surface area contributed by atoms with Crippen LogP contribution < -0.4 is 10.2 Å². The summed E-state index contributed by atoms with van der Waals surface area (Å²) in [6.45, 7) is 8.54. The van der Waals surface area contributed by atoms with Gasteiger partial charge in [-0.15, -0.1) is 0 Å². The molecule has 1 aliphatic rings. The summed E-state index contributed by atoms with van der Waals surface area (Å²) in [7, 11) is 0. The lowest BCUT2D eigenvalue weighted by molar-refractivity contribution is 0.152. The van der Waals surface area contributed by atoms with Crippen molar-refractivity contribution in [3.8, 4) is 0 Å². The van der Waals surface area contributed by atoms with Gasteiger partial charge in [0.25, 0.3) is 0 Å². The topological polar surface area (TPSA) is 50.3 Å². The van der Waals surface area contributed by atoms with E-state index < -0.39 is 0 Å². The minimum atomic E-state index is 0.467. The predicted octanol–water partition coefficient (Wildman–Crippen LogP) is 1.20. The summed E-state index contributed by atoms with van der Waals surface area (Å²) in [5, 5.41) is 3.33. The zero-order chi connectivity index (χ0) is 12.8. The average molecular weight is 250 g/mol. The number of ether oxygens (including phenoxy) is 1. The van der Waals surface area contributed by atoms with Crippen LogP contribution in [0, 0.1) is 0 Å². The quantitative estimate of drug-likeness (QED) is 0.870. The molecule has 0 aliphatic carbocycles. The summed E-state index contributed by atoms with van der Waals surface area (Å²) in [5.74, 6) is 0.953. The second kappa shape index (κ2) is 6.66. The third kappa shape index (κ3) is 3.92. The fourth-order valence-electron chi connectivity index (χ4n) is 1.89. The van der Waals surface area contributed by atoms with E-state index in [-0.39, 0.29) is 0 Å². The van der Waals surface area contributed by atoms with Crippen molar-refractivity contribution in [1.29, 1.82) is 0 Å². The van der Waals surface area contributed by atoms with E-state index in [0.29, 0.717) is 6.04 Å². The molecule has 1 aromatic rings. The first-order chi connectivity index (χ1) is 8.75. The zero-order valence-electron chi connectivity index (χ0n) is 11.2. The number of nitrogens with zero attached hydrogens (tertiary/aromatic N) is 3. The predicted molar refractivity (Wildman–Crippen MR) is 71.7 cm³/mol. The molecule has 1 fully saturated rings. The van der Waals surface area contributed by atoms with Crippen LogP contribution in [-0.2, 0) is 11.3 Å². The zero-order valence-corrected chi connectivity index (χ0v) is 11.2. The van der Waals surface area contributed by atoms with Crippen LogP contribution in [0.4, 0.5) is 5.82 Å². The molecule has 2 heterocycles. The normalized spacial score (nSPS) is 16.9. The molecule has 2 rings (SSSR count). The maximum absolute atomic E-state index is 5.43. The van der Waals surface area contributed by atoms with Crippen molar-refractivity contribution in [3.63, 3.8) is 0 Å². The van der Waals surface area contributed by atoms with Crippen molar-refractivity contribution in [1.82, 2.24) is 15.3 Å². The Hall–Kier alpha value is -1.20. The number of rotatable bonds is 4. The van der Waals surface area contributed by atoms with Gasteiger partial charge in [0.05, 0.1) is 24.7 Å². The van der Waals surface area contributed by atoms with E-state index in [1.807, 2.05) is 12.4 Å². The smallest absolute Gasteiger partial charge is 0.147 e. The van der Waals surface area contributed by atoms with Crippen LogP contribution in [0.1, 0.15) is 26.0 Å². The van der Waals surface area contributed by atoms with E-state index in [4.69, 9.17) is 4.74 Å². The first-order valence-electron chi connectivity index (χ1n) is 6.62. The van der Waals surface area contributed by atoms with E-state index in [9.17, 15) is 0 Å². The molecule has 100 valence electrons. The average Bonchev–Trinajstić information content (AvgIpc) is 2.66. The Morgan fingerprint density at radius 3 is 2.89 bits per heavy atom. The number of aromatic nitrogens is 2. The molecule has 0 atom stereocenters. The highest BCUT2D eigenvalue weighted by molar-refractivity contribution is 5.35. The minimum absolute atomic E-state index is 0.467. The van der Waals surface area contributed by atoms with Crippen molar-refractivity contribution in [2.75, 3.05) is 31.2 Å². The first-order valence-corrected chi connectivity index (χ1v) is 6.62. The molecule has 1 aliphatic heterocycles. The molecule has 1 saturated heterocycles. The number of hydrogen-bond donors (Lipinski definition) is 1. The Morgan fingerprint density at radius 2 is 2.17 bits per heavy atom. The molecular formula is C13H22N4O. The summed E-state index contributed by atoms with van der Waals surface area (Å²) in [6, 6.07) is 0.467. The highest BCUT2D eigenvalue weighted by Gasteiger charge is 2.11. The van der Waals surface area contributed by atoms with Gasteiger partial charge in [-0.25, -0.2) is 4.98 Å². The molecular weight excluding hydrogens is 228 g/mol. The van der Waals surface area contributed by atoms with E-state index in [1.165, 1.54) is 0 Å². The SMILES string of the molecule is CC(C)NCc1cnc(N2CCCOCC2)cn1. The lowest BCUT2D eigenvalue weighted by Gasteiger charge is -2.20. The minimum Gasteiger partial charge on any atom is -0.380 e. The maximum atomic E-state index is 5.43. The first kappa shape index (κ1) is 13.2. The lowest BCUT2D eigenvalue weighted by atomic mass is 10.3. The van der Waals surface area contributed by atoms with Gasteiger partial charge in [-0.3, -0.25) is 4.98 Å². The van der Waals surface area contributed by atoms with Crippen LogP contribution in [0.5, 0.6) is 0 Å². The number of anilines is 1. The molecule has 0 unspecified atom stereocenters. The van der Waals surface area contributed by atoms with Crippen LogP contribution in [-0.4, -0.2) is 42.3 Å². The second-order valence-corrected chi connectivity index (χ2v) is 4.85. The number of hydrogen-bond acceptors (Lipinski definition) is 5. The molecule has 0 radical (unpaired) electrons. The van der Waals surface area contributed by atoms with Gasteiger partial charge < -0.3 is 15.0 Å². The van der Waals surface area contributed by atoms with Gasteiger partial charge in [-0.05, 0) is 6.42 Å². The third-order valence-corrected chi connectivity index (χ3v) is 2.93. The molecule has 5 nitrogen and oxygen atoms in total. The van der Waals surface area contributed by atoms with E-state index in [2.05, 4.69) is 34.0 Å². The van der Waals surface area contributed by atoms with Crippen molar-refractivity contribution in [2.24, 2.45) is 0 Å². The van der Waals surface area contributed by atoms with Crippen molar-refractivity contribution >= 4 is 5.82 Å². The Morgan fingerprint density at radius 1 is 1.28 bits per heavy atom. The van der Waals surface area contributed by atoms with E-state index in [0.717, 1.165) is 50.8 Å². The molecule has 0 amide bonds. The Bertz CT molecular complexity index is 345. The van der Waals surface area contributed by atoms with Crippen molar-refractivity contribution in [3.05, 3.63) is 18.1 Å². The van der Waals surface area contributed by atoms with Crippen molar-refractivity contribution < 1.29 is 4.74 Å². The monoisotopic (exact) mass is 250 g/mol. The Kier molecular flexibility index (Phi) is 4.90. The van der Waals surface area contributed by atoms with Crippen LogP contribution >= 0.6 is 0 Å². The molecule has 1 aromatic heterocycles. The van der Waals surface area contributed by atoms with Crippen LogP contribution in [0.2, 0.25) is 0 Å². The Labute approximate surface area is 109 Å². The lowest BCUT2D eigenvalue weighted by Crippen LogP contribution is -2.27. The van der Waals surface area contributed by atoms with Gasteiger partial charge in [0.15, 0.2) is 0 Å². The largest absolute Gasteiger partial charge is 0.380 e. The van der Waals surface area contributed by atoms with E-state index >= 15 is 0 Å². The summed E-state index contributed by atoms with van der Waals surface area (Å²) < 4.78 is 5.43. The second-order valence-electron chi connectivity index (χ2n) is 4.85. The highest BCUT2D eigenvalue weighted by atomic mass is 16.5. The van der Waals surface area contributed by atoms with Gasteiger partial charge in [0.1, 0.15) is 5.82 Å². The van der Waals surface area contributed by atoms with Gasteiger partial charge in [0, 0.05) is 32.3 Å². The van der Waals surface area contributed by atoms with Gasteiger partial charge in [-0.1, -0.05) is 13.8 Å². The van der Waals surface area contributed by atoms with Gasteiger partial charge in [-0.2, -0.15) is 0 Å². The summed E-state index contributed by atoms with van der Waals surface area (Å²) in [5.41, 5.74) is 0.985. The van der Waals surface area contributed by atoms with Crippen LogP contribution in [0.25, 0.3) is 0 Å². The standard InChI is InChI=1S/C13H22N4O/c1-11(2)14-8-12-9-16-13(10-15-12)17-4-3-6-18-7-5-17/h9-11,14H,3-8H2,1-2H3. The van der Waals surface area contributed by atoms with Crippen molar-refractivity contribution in [2.45, 2.75) is 32.9 Å². The number of nitrogens with one attached hydrogen (secondary N) is 1. The van der Waals surface area contributed by atoms with Gasteiger partial charge in [0.2, 0.25) is 0 Å². The van der Waals surface area contributed by atoms with Crippen LogP contribution in [0.15, 0.2) is 12.4 Å². The fraction of sp³-hybridized carbons (Fsp3) is 0.692. The molecule has 18 heavy (non-hydrogen) atoms. The maximum Gasteiger partial charge on any atom is 0.147 e. The van der Waals surface area contributed by atoms with Crippen LogP contribution in [0.3, 0.4) is 0 Å². The molecule has 0 spiro atoms.